The smallest absolute Gasteiger partial charge is 0.293 e. The highest BCUT2D eigenvalue weighted by Gasteiger charge is 2.24. The lowest BCUT2D eigenvalue weighted by atomic mass is 10.1. The van der Waals surface area contributed by atoms with E-state index in [0.29, 0.717) is 24.3 Å². The fourth-order valence-electron chi connectivity index (χ4n) is 3.27. The number of anilines is 1. The maximum atomic E-state index is 13.4. The molecule has 0 radical (unpaired) electrons. The molecule has 0 spiro atoms. The SMILES string of the molecule is C[C@H](NC(=O)c1ccc(N2CCN(C)CC2)c([N+](=O)[O-])c1)c1ccc(F)c(F)c1. The minimum absolute atomic E-state index is 0.129. The van der Waals surface area contributed by atoms with Gasteiger partial charge in [0, 0.05) is 37.8 Å². The number of nitro groups is 1. The largest absolute Gasteiger partial charge is 0.363 e. The zero-order valence-electron chi connectivity index (χ0n) is 16.2. The van der Waals surface area contributed by atoms with Gasteiger partial charge in [-0.15, -0.1) is 0 Å². The van der Waals surface area contributed by atoms with Gasteiger partial charge in [0.2, 0.25) is 0 Å². The Labute approximate surface area is 167 Å². The lowest BCUT2D eigenvalue weighted by molar-refractivity contribution is -0.384. The van der Waals surface area contributed by atoms with Gasteiger partial charge in [-0.3, -0.25) is 14.9 Å². The van der Waals surface area contributed by atoms with Crippen LogP contribution in [0.15, 0.2) is 36.4 Å². The second-order valence-corrected chi connectivity index (χ2v) is 7.12. The second-order valence-electron chi connectivity index (χ2n) is 7.12. The Kier molecular flexibility index (Phi) is 6.07. The molecular weight excluding hydrogens is 382 g/mol. The van der Waals surface area contributed by atoms with Crippen molar-refractivity contribution in [2.75, 3.05) is 38.1 Å². The molecule has 1 N–H and O–H groups in total. The molecule has 0 aliphatic carbocycles. The van der Waals surface area contributed by atoms with Gasteiger partial charge < -0.3 is 15.1 Å². The second kappa shape index (κ2) is 8.52. The van der Waals surface area contributed by atoms with Crippen LogP contribution in [0, 0.1) is 21.7 Å². The molecule has 1 atom stereocenters. The molecule has 0 unspecified atom stereocenters. The van der Waals surface area contributed by atoms with Crippen LogP contribution in [0.3, 0.4) is 0 Å². The number of hydrogen-bond donors (Lipinski definition) is 1. The van der Waals surface area contributed by atoms with Gasteiger partial charge in [0.25, 0.3) is 11.6 Å². The van der Waals surface area contributed by atoms with Gasteiger partial charge >= 0.3 is 0 Å². The predicted molar refractivity (Wildman–Crippen MR) is 105 cm³/mol. The predicted octanol–water partition coefficient (Wildman–Crippen LogP) is 3.12. The van der Waals surface area contributed by atoms with Gasteiger partial charge in [-0.05, 0) is 43.8 Å². The van der Waals surface area contributed by atoms with Crippen LogP contribution in [0.25, 0.3) is 0 Å². The van der Waals surface area contributed by atoms with E-state index < -0.39 is 28.5 Å². The van der Waals surface area contributed by atoms with Crippen LogP contribution in [0.2, 0.25) is 0 Å². The van der Waals surface area contributed by atoms with Gasteiger partial charge in [0.05, 0.1) is 11.0 Å². The number of carbonyl (C=O) groups excluding carboxylic acids is 1. The Morgan fingerprint density at radius 3 is 2.41 bits per heavy atom. The number of hydrogen-bond acceptors (Lipinski definition) is 5. The summed E-state index contributed by atoms with van der Waals surface area (Å²) >= 11 is 0. The lowest BCUT2D eigenvalue weighted by Gasteiger charge is -2.33. The van der Waals surface area contributed by atoms with E-state index >= 15 is 0 Å². The third-order valence-corrected chi connectivity index (χ3v) is 5.07. The van der Waals surface area contributed by atoms with Crippen molar-refractivity contribution in [3.05, 3.63) is 69.3 Å². The molecule has 1 aliphatic rings. The highest BCUT2D eigenvalue weighted by molar-refractivity contribution is 5.96. The van der Waals surface area contributed by atoms with Crippen LogP contribution in [-0.4, -0.2) is 49.0 Å². The van der Waals surface area contributed by atoms with Gasteiger partial charge in [-0.2, -0.15) is 0 Å². The molecule has 3 rings (SSSR count). The quantitative estimate of drug-likeness (QED) is 0.612. The number of likely N-dealkylation sites (N-methyl/N-ethyl adjacent to an activating group) is 1. The van der Waals surface area contributed by atoms with Crippen LogP contribution in [-0.2, 0) is 0 Å². The average molecular weight is 404 g/mol. The maximum Gasteiger partial charge on any atom is 0.293 e. The van der Waals surface area contributed by atoms with Gasteiger partial charge in [0.1, 0.15) is 5.69 Å². The summed E-state index contributed by atoms with van der Waals surface area (Å²) in [7, 11) is 1.99. The zero-order valence-corrected chi connectivity index (χ0v) is 16.2. The van der Waals surface area contributed by atoms with Crippen LogP contribution >= 0.6 is 0 Å². The number of piperazine rings is 1. The van der Waals surface area contributed by atoms with Crippen LogP contribution in [0.4, 0.5) is 20.2 Å². The first-order valence-corrected chi connectivity index (χ1v) is 9.24. The molecule has 7 nitrogen and oxygen atoms in total. The van der Waals surface area contributed by atoms with E-state index in [2.05, 4.69) is 10.2 Å². The van der Waals surface area contributed by atoms with E-state index in [0.717, 1.165) is 25.2 Å². The van der Waals surface area contributed by atoms with E-state index in [9.17, 15) is 23.7 Å². The Balaban J connectivity index is 1.79. The van der Waals surface area contributed by atoms with Gasteiger partial charge in [-0.1, -0.05) is 6.07 Å². The van der Waals surface area contributed by atoms with E-state index in [1.54, 1.807) is 13.0 Å². The van der Waals surface area contributed by atoms with Crippen molar-refractivity contribution < 1.29 is 18.5 Å². The van der Waals surface area contributed by atoms with E-state index in [1.165, 1.54) is 18.2 Å². The van der Waals surface area contributed by atoms with Crippen molar-refractivity contribution in [1.29, 1.82) is 0 Å². The topological polar surface area (TPSA) is 78.7 Å². The highest BCUT2D eigenvalue weighted by Crippen LogP contribution is 2.30. The Morgan fingerprint density at radius 2 is 1.79 bits per heavy atom. The van der Waals surface area contributed by atoms with Crippen molar-refractivity contribution >= 4 is 17.3 Å². The fraction of sp³-hybridized carbons (Fsp3) is 0.350. The van der Waals surface area contributed by atoms with Crippen LogP contribution < -0.4 is 10.2 Å². The first-order chi connectivity index (χ1) is 13.8. The molecular formula is C20H22F2N4O3. The molecule has 0 bridgehead atoms. The lowest BCUT2D eigenvalue weighted by Crippen LogP contribution is -2.44. The highest BCUT2D eigenvalue weighted by atomic mass is 19.2. The summed E-state index contributed by atoms with van der Waals surface area (Å²) in [4.78, 5) is 27.7. The number of carbonyl (C=O) groups is 1. The molecule has 1 saturated heterocycles. The number of nitrogens with one attached hydrogen (secondary N) is 1. The molecule has 1 heterocycles. The molecule has 0 saturated carbocycles. The van der Waals surface area contributed by atoms with E-state index in [1.807, 2.05) is 11.9 Å². The van der Waals surface area contributed by atoms with Crippen molar-refractivity contribution in [2.45, 2.75) is 13.0 Å². The summed E-state index contributed by atoms with van der Waals surface area (Å²) in [5, 5.41) is 14.2. The molecule has 1 aliphatic heterocycles. The molecule has 1 amide bonds. The average Bonchev–Trinajstić information content (AvgIpc) is 2.70. The molecule has 29 heavy (non-hydrogen) atoms. The molecule has 2 aromatic carbocycles. The monoisotopic (exact) mass is 404 g/mol. The molecule has 1 fully saturated rings. The summed E-state index contributed by atoms with van der Waals surface area (Å²) in [5.74, 6) is -2.51. The maximum absolute atomic E-state index is 13.4. The van der Waals surface area contributed by atoms with Gasteiger partial charge in [0.15, 0.2) is 11.6 Å². The first kappa shape index (κ1) is 20.7. The summed E-state index contributed by atoms with van der Waals surface area (Å²) in [6, 6.07) is 7.15. The normalized spacial score (nSPS) is 15.8. The molecule has 9 heteroatoms. The minimum Gasteiger partial charge on any atom is -0.363 e. The number of halogens is 2. The molecule has 2 aromatic rings. The first-order valence-electron chi connectivity index (χ1n) is 9.24. The Hall–Kier alpha value is -3.07. The number of amides is 1. The number of nitrogens with zero attached hydrogens (tertiary/aromatic N) is 3. The molecule has 0 aromatic heterocycles. The number of benzene rings is 2. The number of nitro benzene ring substituents is 1. The van der Waals surface area contributed by atoms with Crippen molar-refractivity contribution in [2.24, 2.45) is 0 Å². The minimum atomic E-state index is -1.00. The fourth-order valence-corrected chi connectivity index (χ4v) is 3.27. The standard InChI is InChI=1S/C20H22F2N4O3/c1-13(14-3-5-16(21)17(22)11-14)23-20(27)15-4-6-18(19(12-15)26(28)29)25-9-7-24(2)8-10-25/h3-6,11-13H,7-10H2,1-2H3,(H,23,27)/t13-/m0/s1. The van der Waals surface area contributed by atoms with Crippen LogP contribution in [0.1, 0.15) is 28.9 Å². The van der Waals surface area contributed by atoms with Crippen molar-refractivity contribution in [3.8, 4) is 0 Å². The van der Waals surface area contributed by atoms with Crippen molar-refractivity contribution in [1.82, 2.24) is 10.2 Å². The van der Waals surface area contributed by atoms with Gasteiger partial charge in [-0.25, -0.2) is 8.78 Å². The Bertz CT molecular complexity index is 930. The summed E-state index contributed by atoms with van der Waals surface area (Å²) in [5.41, 5.74) is 0.862. The van der Waals surface area contributed by atoms with E-state index in [4.69, 9.17) is 0 Å². The zero-order chi connectivity index (χ0) is 21.1. The third kappa shape index (κ3) is 4.68. The number of rotatable bonds is 5. The summed E-state index contributed by atoms with van der Waals surface area (Å²) in [6.45, 7) is 4.54. The summed E-state index contributed by atoms with van der Waals surface area (Å²) in [6.07, 6.45) is 0. The molecule has 154 valence electrons. The Morgan fingerprint density at radius 1 is 1.10 bits per heavy atom. The van der Waals surface area contributed by atoms with E-state index in [-0.39, 0.29) is 11.3 Å². The van der Waals surface area contributed by atoms with Crippen LogP contribution in [0.5, 0.6) is 0 Å². The summed E-state index contributed by atoms with van der Waals surface area (Å²) < 4.78 is 26.5. The van der Waals surface area contributed by atoms with Crippen molar-refractivity contribution in [3.63, 3.8) is 0 Å². The third-order valence-electron chi connectivity index (χ3n) is 5.07.